The molecule has 4 N–H and O–H groups in total. The van der Waals surface area contributed by atoms with Gasteiger partial charge in [0.25, 0.3) is 7.82 Å². The van der Waals surface area contributed by atoms with Crippen LogP contribution < -0.4 is 40.2 Å². The van der Waals surface area contributed by atoms with E-state index in [-0.39, 0.29) is 47.6 Å². The average Bonchev–Trinajstić information content (AvgIpc) is 3.10. The van der Waals surface area contributed by atoms with E-state index >= 15 is 0 Å². The van der Waals surface area contributed by atoms with E-state index in [4.69, 9.17) is 15.0 Å². The normalized spacial score (nSPS) is 28.0. The molecule has 3 heterocycles. The van der Waals surface area contributed by atoms with Gasteiger partial charge in [-0.25, -0.2) is 15.0 Å². The van der Waals surface area contributed by atoms with Crippen molar-refractivity contribution in [3.05, 3.63) is 12.7 Å². The number of nitrogens with zero attached hydrogens (tertiary/aromatic N) is 4. The summed E-state index contributed by atoms with van der Waals surface area (Å²) in [6.07, 6.45) is -2.45. The van der Waals surface area contributed by atoms with Gasteiger partial charge >= 0.3 is 29.6 Å². The van der Waals surface area contributed by atoms with Crippen LogP contribution in [0.15, 0.2) is 12.7 Å². The standard InChI is InChI=1S/C12H18N5O7P.Na/c1-2-22-25(20,21)24-9-6(3-18)23-12(8(9)19)17-5-16-7-10(13)14-4-15-11(7)17;/h4-6,8-9,12,18-19H,2-3H2,1H3,(H,20,21)(H2,13,14,15);/q;+1/p-1/t6-,8-,9-,12-;/m1./s1. The number of hydrogen-bond donors (Lipinski definition) is 3. The molecule has 2 aromatic heterocycles. The Morgan fingerprint density at radius 3 is 2.85 bits per heavy atom. The molecule has 12 nitrogen and oxygen atoms in total. The molecule has 2 aromatic rings. The van der Waals surface area contributed by atoms with Crippen LogP contribution in [0.4, 0.5) is 5.82 Å². The van der Waals surface area contributed by atoms with E-state index in [9.17, 15) is 19.7 Å². The molecule has 0 aromatic carbocycles. The maximum Gasteiger partial charge on any atom is 1.00 e. The van der Waals surface area contributed by atoms with Crippen LogP contribution in [-0.2, 0) is 18.3 Å². The Labute approximate surface area is 170 Å². The average molecular weight is 397 g/mol. The zero-order chi connectivity index (χ0) is 18.2. The number of nitrogen functional groups attached to an aromatic ring is 1. The van der Waals surface area contributed by atoms with E-state index in [1.165, 1.54) is 24.1 Å². The topological polar surface area (TPSA) is 178 Å². The van der Waals surface area contributed by atoms with Crippen molar-refractivity contribution in [2.75, 3.05) is 18.9 Å². The van der Waals surface area contributed by atoms with Crippen molar-refractivity contribution >= 4 is 24.8 Å². The van der Waals surface area contributed by atoms with Crippen LogP contribution in [0, 0.1) is 0 Å². The smallest absolute Gasteiger partial charge is 0.756 e. The van der Waals surface area contributed by atoms with Gasteiger partial charge < -0.3 is 34.6 Å². The molecule has 1 fully saturated rings. The van der Waals surface area contributed by atoms with E-state index in [0.717, 1.165) is 0 Å². The molecular weight excluding hydrogens is 380 g/mol. The molecule has 1 aliphatic heterocycles. The number of aliphatic hydroxyl groups excluding tert-OH is 2. The number of ether oxygens (including phenoxy) is 1. The number of fused-ring (bicyclic) bond motifs is 1. The summed E-state index contributed by atoms with van der Waals surface area (Å²) in [7, 11) is -4.66. The second-order valence-corrected chi connectivity index (χ2v) is 6.62. The van der Waals surface area contributed by atoms with Gasteiger partial charge in [-0.1, -0.05) is 0 Å². The molecule has 1 aliphatic rings. The van der Waals surface area contributed by atoms with Crippen molar-refractivity contribution in [1.29, 1.82) is 0 Å². The molecule has 138 valence electrons. The van der Waals surface area contributed by atoms with Crippen molar-refractivity contribution < 1.29 is 63.0 Å². The minimum atomic E-state index is -4.66. The third-order valence-corrected chi connectivity index (χ3v) is 4.76. The molecule has 26 heavy (non-hydrogen) atoms. The molecule has 1 saturated heterocycles. The molecule has 0 aliphatic carbocycles. The van der Waals surface area contributed by atoms with Crippen LogP contribution in [-0.4, -0.2) is 61.3 Å². The first-order valence-electron chi connectivity index (χ1n) is 7.39. The van der Waals surface area contributed by atoms with Crippen molar-refractivity contribution in [3.63, 3.8) is 0 Å². The van der Waals surface area contributed by atoms with E-state index in [2.05, 4.69) is 19.5 Å². The number of aromatic nitrogens is 4. The minimum Gasteiger partial charge on any atom is -0.756 e. The van der Waals surface area contributed by atoms with Gasteiger partial charge in [0, 0.05) is 0 Å². The summed E-state index contributed by atoms with van der Waals surface area (Å²) < 4.78 is 28.0. The monoisotopic (exact) mass is 397 g/mol. The Bertz CT molecular complexity index is 807. The van der Waals surface area contributed by atoms with Crippen molar-refractivity contribution in [1.82, 2.24) is 19.5 Å². The number of aliphatic hydroxyl groups is 2. The molecule has 0 saturated carbocycles. The van der Waals surface area contributed by atoms with Gasteiger partial charge in [0.1, 0.15) is 30.2 Å². The summed E-state index contributed by atoms with van der Waals surface area (Å²) >= 11 is 0. The number of nitrogens with two attached hydrogens (primary N) is 1. The summed E-state index contributed by atoms with van der Waals surface area (Å²) in [6, 6.07) is 0. The summed E-state index contributed by atoms with van der Waals surface area (Å²) in [5.41, 5.74) is 6.29. The third kappa shape index (κ3) is 4.09. The summed E-state index contributed by atoms with van der Waals surface area (Å²) in [4.78, 5) is 23.6. The molecule has 5 atom stereocenters. The van der Waals surface area contributed by atoms with E-state index in [1.54, 1.807) is 0 Å². The zero-order valence-corrected chi connectivity index (χ0v) is 17.0. The van der Waals surface area contributed by atoms with Crippen LogP contribution in [0.5, 0.6) is 0 Å². The Morgan fingerprint density at radius 2 is 2.19 bits per heavy atom. The van der Waals surface area contributed by atoms with Crippen LogP contribution in [0.3, 0.4) is 0 Å². The van der Waals surface area contributed by atoms with Crippen LogP contribution in [0.1, 0.15) is 13.2 Å². The van der Waals surface area contributed by atoms with Crippen molar-refractivity contribution in [2.24, 2.45) is 0 Å². The van der Waals surface area contributed by atoms with Crippen molar-refractivity contribution in [3.8, 4) is 0 Å². The molecular formula is C12H17N5NaO7P. The maximum absolute atomic E-state index is 11.7. The van der Waals surface area contributed by atoms with Gasteiger partial charge in [-0.3, -0.25) is 9.13 Å². The molecule has 14 heteroatoms. The second kappa shape index (κ2) is 8.57. The molecule has 3 rings (SSSR count). The quantitative estimate of drug-likeness (QED) is 0.316. The van der Waals surface area contributed by atoms with Crippen LogP contribution >= 0.6 is 7.82 Å². The number of anilines is 1. The first-order chi connectivity index (χ1) is 11.9. The number of phosphoric ester groups is 1. The number of hydrogen-bond acceptors (Lipinski definition) is 11. The summed E-state index contributed by atoms with van der Waals surface area (Å²) in [5, 5.41) is 19.9. The Kier molecular flexibility index (Phi) is 7.13. The van der Waals surface area contributed by atoms with Crippen molar-refractivity contribution in [2.45, 2.75) is 31.5 Å². The van der Waals surface area contributed by atoms with Gasteiger partial charge in [-0.15, -0.1) is 0 Å². The fraction of sp³-hybridized carbons (Fsp3) is 0.583. The molecule has 0 amide bonds. The van der Waals surface area contributed by atoms with Gasteiger partial charge in [0.2, 0.25) is 0 Å². The van der Waals surface area contributed by atoms with Gasteiger partial charge in [0.15, 0.2) is 17.7 Å². The SMILES string of the molecule is CCOP(=O)([O-])O[C@H]1[C@@H](O)[C@H](n2cnc3c(N)ncnc32)O[C@@H]1CO.[Na+]. The maximum atomic E-state index is 11.7. The minimum absolute atomic E-state index is 0. The predicted molar refractivity (Wildman–Crippen MR) is 80.8 cm³/mol. The third-order valence-electron chi connectivity index (χ3n) is 3.69. The Hall–Kier alpha value is -0.660. The van der Waals surface area contributed by atoms with E-state index < -0.39 is 39.0 Å². The molecule has 0 spiro atoms. The predicted octanol–water partition coefficient (Wildman–Crippen LogP) is -4.45. The molecule has 0 bridgehead atoms. The fourth-order valence-electron chi connectivity index (χ4n) is 2.62. The Morgan fingerprint density at radius 1 is 1.46 bits per heavy atom. The van der Waals surface area contributed by atoms with Crippen LogP contribution in [0.2, 0.25) is 0 Å². The van der Waals surface area contributed by atoms with Gasteiger partial charge in [0.05, 0.1) is 19.5 Å². The molecule has 1 unspecified atom stereocenters. The van der Waals surface area contributed by atoms with E-state index in [1.807, 2.05) is 0 Å². The fourth-order valence-corrected chi connectivity index (χ4v) is 3.56. The first-order valence-corrected chi connectivity index (χ1v) is 8.85. The number of phosphoric acid groups is 1. The summed E-state index contributed by atoms with van der Waals surface area (Å²) in [5.74, 6) is 0.142. The largest absolute Gasteiger partial charge is 1.00 e. The molecule has 0 radical (unpaired) electrons. The summed E-state index contributed by atoms with van der Waals surface area (Å²) in [6.45, 7) is 0.775. The number of rotatable bonds is 6. The second-order valence-electron chi connectivity index (χ2n) is 5.26. The van der Waals surface area contributed by atoms with Gasteiger partial charge in [-0.05, 0) is 6.92 Å². The van der Waals surface area contributed by atoms with E-state index in [0.29, 0.717) is 5.52 Å². The Balaban J connectivity index is 0.00000243. The first kappa shape index (κ1) is 21.6. The van der Waals surface area contributed by atoms with Gasteiger partial charge in [-0.2, -0.15) is 0 Å². The van der Waals surface area contributed by atoms with Crippen LogP contribution in [0.25, 0.3) is 11.2 Å². The number of imidazole rings is 1. The zero-order valence-electron chi connectivity index (χ0n) is 14.1.